The Morgan fingerprint density at radius 3 is 2.38 bits per heavy atom. The third kappa shape index (κ3) is 4.96. The van der Waals surface area contributed by atoms with Gasteiger partial charge in [0.25, 0.3) is 5.88 Å². The fourth-order valence-corrected chi connectivity index (χ4v) is 1.77. The summed E-state index contributed by atoms with van der Waals surface area (Å²) in [7, 11) is 0.901. The molecule has 1 heterocycles. The van der Waals surface area contributed by atoms with Crippen LogP contribution in [0.2, 0.25) is 0 Å². The molecule has 4 nitrogen and oxygen atoms in total. The molecular formula is C18H14F4N2O2. The monoisotopic (exact) mass is 366 g/mol. The van der Waals surface area contributed by atoms with E-state index < -0.39 is 30.0 Å². The predicted octanol–water partition coefficient (Wildman–Crippen LogP) is 4.00. The summed E-state index contributed by atoms with van der Waals surface area (Å²) in [5.74, 6) is 3.76. The van der Waals surface area contributed by atoms with Crippen LogP contribution in [-0.4, -0.2) is 35.2 Å². The molecule has 0 radical (unpaired) electrons. The molecule has 0 aliphatic carbocycles. The topological polar surface area (TPSA) is 42.4 Å². The van der Waals surface area contributed by atoms with E-state index in [0.29, 0.717) is 10.5 Å². The largest absolute Gasteiger partial charge is 0.416 e. The van der Waals surface area contributed by atoms with Crippen LogP contribution in [0.25, 0.3) is 0 Å². The Balaban J connectivity index is 2.10. The molecule has 1 amide bonds. The van der Waals surface area contributed by atoms with Crippen molar-refractivity contribution in [3.8, 4) is 17.7 Å². The number of nitrogens with zero attached hydrogens (tertiary/aromatic N) is 2. The number of halogens is 4. The Hall–Kier alpha value is -3.08. The van der Waals surface area contributed by atoms with Gasteiger partial charge in [-0.25, -0.2) is 14.2 Å². The smallest absolute Gasteiger partial charge is 0.388 e. The number of alkyl halides is 3. The van der Waals surface area contributed by atoms with Crippen molar-refractivity contribution in [3.05, 3.63) is 59.5 Å². The van der Waals surface area contributed by atoms with Crippen molar-refractivity contribution in [2.45, 2.75) is 19.1 Å². The zero-order chi connectivity index (χ0) is 19.3. The van der Waals surface area contributed by atoms with Crippen molar-refractivity contribution in [2.24, 2.45) is 0 Å². The molecular weight excluding hydrogens is 352 g/mol. The van der Waals surface area contributed by atoms with E-state index in [4.69, 9.17) is 0 Å². The molecule has 0 saturated heterocycles. The Kier molecular flexibility index (Phi) is 5.82. The Morgan fingerprint density at radius 2 is 1.81 bits per heavy atom. The van der Waals surface area contributed by atoms with Crippen molar-refractivity contribution in [1.29, 1.82) is 0 Å². The lowest BCUT2D eigenvalue weighted by Crippen LogP contribution is -2.45. The van der Waals surface area contributed by atoms with Crippen molar-refractivity contribution < 1.29 is 27.1 Å². The molecule has 136 valence electrons. The van der Waals surface area contributed by atoms with Crippen molar-refractivity contribution in [2.75, 3.05) is 7.05 Å². The lowest BCUT2D eigenvalue weighted by molar-refractivity contribution is -0.170. The molecule has 0 fully saturated rings. The minimum atomic E-state index is -4.63. The second-order valence-electron chi connectivity index (χ2n) is 5.32. The van der Waals surface area contributed by atoms with Crippen molar-refractivity contribution >= 4 is 6.09 Å². The Labute approximate surface area is 147 Å². The van der Waals surface area contributed by atoms with Crippen LogP contribution in [0.4, 0.5) is 22.4 Å². The van der Waals surface area contributed by atoms with Gasteiger partial charge in [0.1, 0.15) is 6.04 Å². The second-order valence-corrected chi connectivity index (χ2v) is 5.32. The van der Waals surface area contributed by atoms with Crippen LogP contribution in [0.3, 0.4) is 0 Å². The normalized spacial score (nSPS) is 11.9. The Morgan fingerprint density at radius 1 is 1.19 bits per heavy atom. The molecule has 1 aromatic carbocycles. The molecule has 1 aromatic heterocycles. The van der Waals surface area contributed by atoms with Gasteiger partial charge in [0.15, 0.2) is 5.82 Å². The van der Waals surface area contributed by atoms with Gasteiger partial charge in [-0.15, -0.1) is 0 Å². The van der Waals surface area contributed by atoms with Gasteiger partial charge in [-0.1, -0.05) is 30.0 Å². The molecule has 8 heteroatoms. The second kappa shape index (κ2) is 7.87. The zero-order valence-electron chi connectivity index (χ0n) is 13.8. The highest BCUT2D eigenvalue weighted by atomic mass is 19.4. The number of hydrogen-bond acceptors (Lipinski definition) is 3. The molecule has 0 N–H and O–H groups in total. The Bertz CT molecular complexity index is 842. The number of amides is 1. The van der Waals surface area contributed by atoms with Crippen LogP contribution in [0, 0.1) is 17.7 Å². The van der Waals surface area contributed by atoms with Crippen LogP contribution in [0.1, 0.15) is 18.1 Å². The molecule has 2 rings (SSSR count). The number of pyridine rings is 1. The zero-order valence-corrected chi connectivity index (χ0v) is 13.8. The van der Waals surface area contributed by atoms with E-state index in [1.165, 1.54) is 0 Å². The molecule has 2 aromatic rings. The third-order valence-corrected chi connectivity index (χ3v) is 3.46. The quantitative estimate of drug-likeness (QED) is 0.596. The van der Waals surface area contributed by atoms with E-state index in [2.05, 4.69) is 21.6 Å². The van der Waals surface area contributed by atoms with Gasteiger partial charge in [-0.05, 0) is 25.1 Å². The molecule has 0 aliphatic rings. The van der Waals surface area contributed by atoms with Gasteiger partial charge in [-0.3, -0.25) is 4.90 Å². The average molecular weight is 366 g/mol. The van der Waals surface area contributed by atoms with Crippen LogP contribution < -0.4 is 4.74 Å². The maximum absolute atomic E-state index is 14.0. The number of hydrogen-bond donors (Lipinski definition) is 0. The van der Waals surface area contributed by atoms with Gasteiger partial charge in [0.2, 0.25) is 0 Å². The minimum absolute atomic E-state index is 0.225. The summed E-state index contributed by atoms with van der Waals surface area (Å²) in [6, 6.07) is 7.85. The first-order chi connectivity index (χ1) is 12.2. The van der Waals surface area contributed by atoms with Gasteiger partial charge < -0.3 is 4.74 Å². The molecule has 0 bridgehead atoms. The van der Waals surface area contributed by atoms with Gasteiger partial charge in [0.05, 0.1) is 0 Å². The van der Waals surface area contributed by atoms with E-state index in [1.807, 2.05) is 6.07 Å². The van der Waals surface area contributed by atoms with E-state index in [-0.39, 0.29) is 5.56 Å². The molecule has 26 heavy (non-hydrogen) atoms. The third-order valence-electron chi connectivity index (χ3n) is 3.46. The first-order valence-electron chi connectivity index (χ1n) is 7.42. The minimum Gasteiger partial charge on any atom is -0.388 e. The summed E-state index contributed by atoms with van der Waals surface area (Å²) >= 11 is 0. The van der Waals surface area contributed by atoms with Gasteiger partial charge >= 0.3 is 12.3 Å². The summed E-state index contributed by atoms with van der Waals surface area (Å²) in [6.07, 6.45) is -4.84. The van der Waals surface area contributed by atoms with Crippen LogP contribution in [-0.2, 0) is 0 Å². The van der Waals surface area contributed by atoms with Crippen molar-refractivity contribution in [1.82, 2.24) is 9.88 Å². The molecule has 1 unspecified atom stereocenters. The van der Waals surface area contributed by atoms with Crippen LogP contribution >= 0.6 is 0 Å². The number of benzene rings is 1. The number of aromatic nitrogens is 1. The average Bonchev–Trinajstić information content (AvgIpc) is 2.60. The van der Waals surface area contributed by atoms with E-state index in [0.717, 1.165) is 26.2 Å². The number of rotatable bonds is 2. The number of carbonyl (C=O) groups excluding carboxylic acids is 1. The van der Waals surface area contributed by atoms with Gasteiger partial charge in [0, 0.05) is 24.4 Å². The van der Waals surface area contributed by atoms with Crippen molar-refractivity contribution in [3.63, 3.8) is 0 Å². The van der Waals surface area contributed by atoms with Crippen LogP contribution in [0.15, 0.2) is 42.6 Å². The van der Waals surface area contributed by atoms with Gasteiger partial charge in [-0.2, -0.15) is 13.2 Å². The van der Waals surface area contributed by atoms with E-state index in [1.54, 1.807) is 24.3 Å². The lowest BCUT2D eigenvalue weighted by Gasteiger charge is -2.25. The molecule has 0 spiro atoms. The van der Waals surface area contributed by atoms with Crippen LogP contribution in [0.5, 0.6) is 5.88 Å². The summed E-state index contributed by atoms with van der Waals surface area (Å²) in [4.78, 5) is 15.6. The van der Waals surface area contributed by atoms with E-state index >= 15 is 0 Å². The highest BCUT2D eigenvalue weighted by Gasteiger charge is 2.41. The first kappa shape index (κ1) is 19.2. The standard InChI is InChI=1S/C18H14F4N2O2/c1-12(18(20,21)22)24(2)17(25)26-16-15(19)10-14(11-23-16)9-8-13-6-4-3-5-7-13/h3-7,10-12H,1-2H3. The number of ether oxygens (including phenoxy) is 1. The first-order valence-corrected chi connectivity index (χ1v) is 7.42. The maximum Gasteiger partial charge on any atom is 0.416 e. The highest BCUT2D eigenvalue weighted by molar-refractivity contribution is 5.70. The lowest BCUT2D eigenvalue weighted by atomic mass is 10.2. The predicted molar refractivity (Wildman–Crippen MR) is 85.9 cm³/mol. The maximum atomic E-state index is 14.0. The molecule has 0 aliphatic heterocycles. The summed E-state index contributed by atoms with van der Waals surface area (Å²) in [5.41, 5.74) is 0.939. The van der Waals surface area contributed by atoms with E-state index in [9.17, 15) is 22.4 Å². The summed E-state index contributed by atoms with van der Waals surface area (Å²) < 4.78 is 56.4. The summed E-state index contributed by atoms with van der Waals surface area (Å²) in [5, 5.41) is 0. The fraction of sp³-hybridized carbons (Fsp3) is 0.222. The summed E-state index contributed by atoms with van der Waals surface area (Å²) in [6.45, 7) is 0.785. The SMILES string of the molecule is CC(N(C)C(=O)Oc1ncc(C#Cc2ccccc2)cc1F)C(F)(F)F. The highest BCUT2D eigenvalue weighted by Crippen LogP contribution is 2.24. The molecule has 0 saturated carbocycles. The number of carbonyl (C=O) groups is 1. The fourth-order valence-electron chi connectivity index (χ4n) is 1.77. The molecule has 1 atom stereocenters.